The van der Waals surface area contributed by atoms with E-state index < -0.39 is 11.7 Å². The van der Waals surface area contributed by atoms with Crippen LogP contribution < -0.4 is 0 Å². The Labute approximate surface area is 105 Å². The van der Waals surface area contributed by atoms with Crippen molar-refractivity contribution < 1.29 is 14.3 Å². The van der Waals surface area contributed by atoms with Gasteiger partial charge in [-0.1, -0.05) is 30.3 Å². The minimum atomic E-state index is -0.915. The average Bonchev–Trinajstić information content (AvgIpc) is 2.92. The SMILES string of the molecule is N#CC1(C2CCC(=O)O2)OC1Cc1ccccc1. The number of cyclic esters (lactones) is 1. The molecule has 2 aliphatic rings. The van der Waals surface area contributed by atoms with Crippen LogP contribution >= 0.6 is 0 Å². The molecule has 3 unspecified atom stereocenters. The highest BCUT2D eigenvalue weighted by Gasteiger charge is 2.65. The molecule has 0 spiro atoms. The highest BCUT2D eigenvalue weighted by atomic mass is 16.6. The Morgan fingerprint density at radius 3 is 2.78 bits per heavy atom. The molecule has 0 N–H and O–H groups in total. The Bertz CT molecular complexity index is 508. The third-order valence-corrected chi connectivity index (χ3v) is 3.56. The van der Waals surface area contributed by atoms with E-state index in [0.717, 1.165) is 5.56 Å². The Morgan fingerprint density at radius 2 is 2.17 bits per heavy atom. The first-order chi connectivity index (χ1) is 8.74. The normalized spacial score (nSPS) is 33.8. The first-order valence-corrected chi connectivity index (χ1v) is 6.07. The number of nitriles is 1. The van der Waals surface area contributed by atoms with Crippen LogP contribution in [0.25, 0.3) is 0 Å². The van der Waals surface area contributed by atoms with E-state index in [4.69, 9.17) is 9.47 Å². The number of carbonyl (C=O) groups is 1. The molecule has 18 heavy (non-hydrogen) atoms. The molecule has 3 atom stereocenters. The highest BCUT2D eigenvalue weighted by Crippen LogP contribution is 2.45. The van der Waals surface area contributed by atoms with Crippen molar-refractivity contribution in [1.29, 1.82) is 5.26 Å². The maximum Gasteiger partial charge on any atom is 0.306 e. The Balaban J connectivity index is 1.70. The highest BCUT2D eigenvalue weighted by molar-refractivity contribution is 5.72. The number of benzene rings is 1. The van der Waals surface area contributed by atoms with Crippen LogP contribution in [-0.4, -0.2) is 23.8 Å². The van der Waals surface area contributed by atoms with Gasteiger partial charge in [-0.3, -0.25) is 4.79 Å². The molecule has 0 amide bonds. The molecule has 1 aromatic rings. The van der Waals surface area contributed by atoms with Crippen molar-refractivity contribution in [1.82, 2.24) is 0 Å². The summed E-state index contributed by atoms with van der Waals surface area (Å²) >= 11 is 0. The first kappa shape index (κ1) is 11.2. The summed E-state index contributed by atoms with van der Waals surface area (Å²) in [6.07, 6.45) is 1.08. The second-order valence-corrected chi connectivity index (χ2v) is 4.72. The molecule has 0 radical (unpaired) electrons. The second-order valence-electron chi connectivity index (χ2n) is 4.72. The van der Waals surface area contributed by atoms with E-state index in [1.54, 1.807) is 0 Å². The summed E-state index contributed by atoms with van der Waals surface area (Å²) in [5.74, 6) is -0.233. The summed E-state index contributed by atoms with van der Waals surface area (Å²) < 4.78 is 10.7. The molecule has 2 fully saturated rings. The molecule has 0 aromatic heterocycles. The number of carbonyl (C=O) groups excluding carboxylic acids is 1. The predicted molar refractivity (Wildman–Crippen MR) is 62.5 cm³/mol. The van der Waals surface area contributed by atoms with E-state index in [-0.39, 0.29) is 12.1 Å². The molecule has 4 nitrogen and oxygen atoms in total. The van der Waals surface area contributed by atoms with Gasteiger partial charge in [0, 0.05) is 12.8 Å². The zero-order chi connectivity index (χ0) is 12.6. The van der Waals surface area contributed by atoms with Crippen LogP contribution in [0.3, 0.4) is 0 Å². The number of esters is 1. The fourth-order valence-corrected chi connectivity index (χ4v) is 2.50. The molecule has 2 heterocycles. The van der Waals surface area contributed by atoms with Gasteiger partial charge in [-0.05, 0) is 12.0 Å². The van der Waals surface area contributed by atoms with Gasteiger partial charge in [-0.15, -0.1) is 0 Å². The van der Waals surface area contributed by atoms with Crippen LogP contribution in [0.2, 0.25) is 0 Å². The minimum Gasteiger partial charge on any atom is -0.458 e. The van der Waals surface area contributed by atoms with Gasteiger partial charge >= 0.3 is 5.97 Å². The summed E-state index contributed by atoms with van der Waals surface area (Å²) in [4.78, 5) is 11.1. The standard InChI is InChI=1S/C14H13NO3/c15-9-14(11-6-7-13(16)17-11)12(18-14)8-10-4-2-1-3-5-10/h1-5,11-12H,6-8H2. The van der Waals surface area contributed by atoms with Crippen molar-refractivity contribution in [3.8, 4) is 6.07 Å². The molecule has 0 aliphatic carbocycles. The van der Waals surface area contributed by atoms with Crippen LogP contribution in [0.4, 0.5) is 0 Å². The van der Waals surface area contributed by atoms with E-state index in [1.807, 2.05) is 30.3 Å². The summed E-state index contributed by atoms with van der Waals surface area (Å²) in [7, 11) is 0. The van der Waals surface area contributed by atoms with Gasteiger partial charge in [0.2, 0.25) is 5.60 Å². The van der Waals surface area contributed by atoms with Gasteiger partial charge in [0.05, 0.1) is 0 Å². The Hall–Kier alpha value is -1.86. The third-order valence-electron chi connectivity index (χ3n) is 3.56. The summed E-state index contributed by atoms with van der Waals surface area (Å²) in [5.41, 5.74) is 0.214. The van der Waals surface area contributed by atoms with Gasteiger partial charge in [-0.25, -0.2) is 0 Å². The lowest BCUT2D eigenvalue weighted by Gasteiger charge is -2.11. The van der Waals surface area contributed by atoms with E-state index >= 15 is 0 Å². The van der Waals surface area contributed by atoms with Crippen LogP contribution in [0.1, 0.15) is 18.4 Å². The molecule has 0 bridgehead atoms. The fraction of sp³-hybridized carbons (Fsp3) is 0.429. The number of hydrogen-bond donors (Lipinski definition) is 0. The van der Waals surface area contributed by atoms with E-state index in [0.29, 0.717) is 19.3 Å². The smallest absolute Gasteiger partial charge is 0.306 e. The van der Waals surface area contributed by atoms with Gasteiger partial charge in [0.15, 0.2) is 0 Å². The fourth-order valence-electron chi connectivity index (χ4n) is 2.50. The maximum atomic E-state index is 11.1. The summed E-state index contributed by atoms with van der Waals surface area (Å²) in [6, 6.07) is 12.1. The molecule has 3 rings (SSSR count). The van der Waals surface area contributed by atoms with Gasteiger partial charge < -0.3 is 9.47 Å². The molecule has 2 aliphatic heterocycles. The predicted octanol–water partition coefficient (Wildman–Crippen LogP) is 1.60. The zero-order valence-electron chi connectivity index (χ0n) is 9.83. The van der Waals surface area contributed by atoms with E-state index in [1.165, 1.54) is 0 Å². The van der Waals surface area contributed by atoms with Crippen molar-refractivity contribution in [2.75, 3.05) is 0 Å². The number of ether oxygens (including phenoxy) is 2. The van der Waals surface area contributed by atoms with Gasteiger partial charge in [0.25, 0.3) is 0 Å². The number of rotatable bonds is 3. The Kier molecular flexibility index (Phi) is 2.57. The minimum absolute atomic E-state index is 0.166. The average molecular weight is 243 g/mol. The zero-order valence-corrected chi connectivity index (χ0v) is 9.83. The van der Waals surface area contributed by atoms with Crippen LogP contribution in [0.5, 0.6) is 0 Å². The largest absolute Gasteiger partial charge is 0.458 e. The molecule has 1 aromatic carbocycles. The number of hydrogen-bond acceptors (Lipinski definition) is 4. The van der Waals surface area contributed by atoms with Crippen molar-refractivity contribution in [3.05, 3.63) is 35.9 Å². The number of nitrogens with zero attached hydrogens (tertiary/aromatic N) is 1. The summed E-state index contributed by atoms with van der Waals surface area (Å²) in [6.45, 7) is 0. The van der Waals surface area contributed by atoms with Crippen LogP contribution in [-0.2, 0) is 20.7 Å². The topological polar surface area (TPSA) is 62.6 Å². The molecule has 92 valence electrons. The molecule has 2 saturated heterocycles. The molecular weight excluding hydrogens is 230 g/mol. The quantitative estimate of drug-likeness (QED) is 0.597. The second kappa shape index (κ2) is 4.11. The molecule has 0 saturated carbocycles. The third kappa shape index (κ3) is 1.77. The lowest BCUT2D eigenvalue weighted by atomic mass is 9.94. The Morgan fingerprint density at radius 1 is 1.39 bits per heavy atom. The first-order valence-electron chi connectivity index (χ1n) is 6.07. The van der Waals surface area contributed by atoms with Crippen molar-refractivity contribution in [3.63, 3.8) is 0 Å². The maximum absolute atomic E-state index is 11.1. The lowest BCUT2D eigenvalue weighted by Crippen LogP contribution is -2.31. The van der Waals surface area contributed by atoms with Gasteiger partial charge in [0.1, 0.15) is 18.3 Å². The summed E-state index contributed by atoms with van der Waals surface area (Å²) in [5, 5.41) is 9.29. The molecular formula is C14H13NO3. The van der Waals surface area contributed by atoms with Crippen molar-refractivity contribution in [2.45, 2.75) is 37.1 Å². The number of epoxide rings is 1. The van der Waals surface area contributed by atoms with Crippen molar-refractivity contribution in [2.24, 2.45) is 0 Å². The lowest BCUT2D eigenvalue weighted by molar-refractivity contribution is -0.142. The van der Waals surface area contributed by atoms with Crippen molar-refractivity contribution >= 4 is 5.97 Å². The monoisotopic (exact) mass is 243 g/mol. The van der Waals surface area contributed by atoms with Gasteiger partial charge in [-0.2, -0.15) is 5.26 Å². The van der Waals surface area contributed by atoms with Crippen LogP contribution in [0, 0.1) is 11.3 Å². The molecule has 4 heteroatoms. The van der Waals surface area contributed by atoms with E-state index in [2.05, 4.69) is 6.07 Å². The van der Waals surface area contributed by atoms with E-state index in [9.17, 15) is 10.1 Å². The van der Waals surface area contributed by atoms with Crippen LogP contribution in [0.15, 0.2) is 30.3 Å².